The number of amides is 3. The molecular formula is C18H23FN2O5. The van der Waals surface area contributed by atoms with Gasteiger partial charge >= 0.3 is 12.0 Å². The zero-order valence-electron chi connectivity index (χ0n) is 14.6. The Labute approximate surface area is 151 Å². The molecule has 2 N–H and O–H groups in total. The number of urea groups is 1. The number of benzene rings is 1. The summed E-state index contributed by atoms with van der Waals surface area (Å²) in [6, 6.07) is 4.61. The van der Waals surface area contributed by atoms with Gasteiger partial charge in [-0.1, -0.05) is 19.3 Å². The van der Waals surface area contributed by atoms with Crippen molar-refractivity contribution in [2.45, 2.75) is 51.2 Å². The van der Waals surface area contributed by atoms with Gasteiger partial charge in [0.05, 0.1) is 0 Å². The van der Waals surface area contributed by atoms with Crippen molar-refractivity contribution in [2.24, 2.45) is 0 Å². The molecule has 3 amide bonds. The van der Waals surface area contributed by atoms with Crippen molar-refractivity contribution in [1.29, 1.82) is 0 Å². The van der Waals surface area contributed by atoms with Gasteiger partial charge in [0.1, 0.15) is 11.6 Å². The van der Waals surface area contributed by atoms with Gasteiger partial charge < -0.3 is 14.8 Å². The lowest BCUT2D eigenvalue weighted by Gasteiger charge is -2.23. The number of carbonyl (C=O) groups excluding carboxylic acids is 3. The molecule has 1 aliphatic carbocycles. The number of rotatable bonds is 6. The molecule has 0 radical (unpaired) electrons. The summed E-state index contributed by atoms with van der Waals surface area (Å²) in [7, 11) is 0. The Morgan fingerprint density at radius 3 is 2.46 bits per heavy atom. The average Bonchev–Trinajstić information content (AvgIpc) is 2.62. The van der Waals surface area contributed by atoms with Crippen LogP contribution in [0.2, 0.25) is 0 Å². The van der Waals surface area contributed by atoms with E-state index in [9.17, 15) is 18.8 Å². The van der Waals surface area contributed by atoms with E-state index < -0.39 is 36.4 Å². The molecule has 1 saturated carbocycles. The fourth-order valence-corrected chi connectivity index (χ4v) is 2.64. The van der Waals surface area contributed by atoms with Crippen molar-refractivity contribution < 1.29 is 28.2 Å². The number of esters is 1. The third-order valence-corrected chi connectivity index (χ3v) is 4.02. The average molecular weight is 366 g/mol. The number of hydrogen-bond donors (Lipinski definition) is 2. The Hall–Kier alpha value is -2.64. The molecule has 1 fully saturated rings. The van der Waals surface area contributed by atoms with E-state index in [4.69, 9.17) is 9.47 Å². The fourth-order valence-electron chi connectivity index (χ4n) is 2.64. The number of nitrogens with one attached hydrogen (secondary N) is 2. The second kappa shape index (κ2) is 9.74. The molecule has 0 saturated heterocycles. The van der Waals surface area contributed by atoms with Crippen molar-refractivity contribution in [1.82, 2.24) is 10.6 Å². The van der Waals surface area contributed by atoms with E-state index >= 15 is 0 Å². The van der Waals surface area contributed by atoms with E-state index in [1.807, 2.05) is 0 Å². The summed E-state index contributed by atoms with van der Waals surface area (Å²) in [5.41, 5.74) is 0. The van der Waals surface area contributed by atoms with Gasteiger partial charge in [0, 0.05) is 6.04 Å². The highest BCUT2D eigenvalue weighted by Gasteiger charge is 2.22. The quantitative estimate of drug-likeness (QED) is 0.754. The van der Waals surface area contributed by atoms with Crippen LogP contribution >= 0.6 is 0 Å². The van der Waals surface area contributed by atoms with E-state index in [-0.39, 0.29) is 6.04 Å². The first-order valence-electron chi connectivity index (χ1n) is 8.63. The molecule has 8 heteroatoms. The van der Waals surface area contributed by atoms with Crippen molar-refractivity contribution in [2.75, 3.05) is 6.61 Å². The first-order chi connectivity index (χ1) is 12.4. The molecule has 0 aliphatic heterocycles. The zero-order valence-corrected chi connectivity index (χ0v) is 14.6. The highest BCUT2D eigenvalue weighted by Crippen LogP contribution is 2.17. The van der Waals surface area contributed by atoms with E-state index in [0.29, 0.717) is 5.75 Å². The summed E-state index contributed by atoms with van der Waals surface area (Å²) in [5, 5.41) is 4.91. The summed E-state index contributed by atoms with van der Waals surface area (Å²) in [6.45, 7) is 0.927. The van der Waals surface area contributed by atoms with E-state index in [1.165, 1.54) is 31.2 Å². The minimum atomic E-state index is -1.14. The molecule has 0 spiro atoms. The largest absolute Gasteiger partial charge is 0.482 e. The maximum absolute atomic E-state index is 12.8. The summed E-state index contributed by atoms with van der Waals surface area (Å²) in [5.74, 6) is -1.61. The molecule has 1 aromatic rings. The van der Waals surface area contributed by atoms with Gasteiger partial charge in [0.15, 0.2) is 12.7 Å². The second-order valence-corrected chi connectivity index (χ2v) is 6.17. The van der Waals surface area contributed by atoms with Crippen LogP contribution in [0.1, 0.15) is 39.0 Å². The third-order valence-electron chi connectivity index (χ3n) is 4.02. The normalized spacial score (nSPS) is 15.6. The van der Waals surface area contributed by atoms with Crippen molar-refractivity contribution in [3.63, 3.8) is 0 Å². The first kappa shape index (κ1) is 19.7. The van der Waals surface area contributed by atoms with Gasteiger partial charge in [0.25, 0.3) is 5.91 Å². The minimum Gasteiger partial charge on any atom is -0.482 e. The summed E-state index contributed by atoms with van der Waals surface area (Å²) in [6.07, 6.45) is 3.92. The SMILES string of the molecule is CC(OC(=O)COc1ccc(F)cc1)C(=O)NC(=O)NC1CCCCC1. The minimum absolute atomic E-state index is 0.0681. The van der Waals surface area contributed by atoms with Crippen LogP contribution < -0.4 is 15.4 Å². The molecule has 0 aromatic heterocycles. The number of carbonyl (C=O) groups is 3. The lowest BCUT2D eigenvalue weighted by molar-refractivity contribution is -0.156. The summed E-state index contributed by atoms with van der Waals surface area (Å²) < 4.78 is 22.8. The molecule has 0 bridgehead atoms. The molecule has 26 heavy (non-hydrogen) atoms. The fraction of sp³-hybridized carbons (Fsp3) is 0.500. The van der Waals surface area contributed by atoms with Crippen LogP contribution in [0.4, 0.5) is 9.18 Å². The molecule has 1 unspecified atom stereocenters. The second-order valence-electron chi connectivity index (χ2n) is 6.17. The molecule has 1 aliphatic rings. The first-order valence-corrected chi connectivity index (χ1v) is 8.63. The Bertz CT molecular complexity index is 629. The number of imide groups is 1. The Morgan fingerprint density at radius 2 is 1.81 bits per heavy atom. The van der Waals surface area contributed by atoms with Crippen LogP contribution in [0.5, 0.6) is 5.75 Å². The Morgan fingerprint density at radius 1 is 1.15 bits per heavy atom. The van der Waals surface area contributed by atoms with E-state index in [2.05, 4.69) is 10.6 Å². The maximum Gasteiger partial charge on any atom is 0.344 e. The zero-order chi connectivity index (χ0) is 18.9. The molecule has 0 heterocycles. The maximum atomic E-state index is 12.8. The van der Waals surface area contributed by atoms with Crippen molar-refractivity contribution in [3.05, 3.63) is 30.1 Å². The molecule has 2 rings (SSSR count). The Kier molecular flexibility index (Phi) is 7.37. The van der Waals surface area contributed by atoms with Crippen LogP contribution in [0.25, 0.3) is 0 Å². The van der Waals surface area contributed by atoms with Crippen LogP contribution in [-0.2, 0) is 14.3 Å². The highest BCUT2D eigenvalue weighted by molar-refractivity contribution is 5.97. The van der Waals surface area contributed by atoms with Crippen LogP contribution in [0.15, 0.2) is 24.3 Å². The van der Waals surface area contributed by atoms with E-state index in [1.54, 1.807) is 0 Å². The molecule has 7 nitrogen and oxygen atoms in total. The lowest BCUT2D eigenvalue weighted by atomic mass is 9.96. The predicted molar refractivity (Wildman–Crippen MR) is 91.0 cm³/mol. The number of halogens is 1. The van der Waals surface area contributed by atoms with Gasteiger partial charge in [0.2, 0.25) is 0 Å². The van der Waals surface area contributed by atoms with Gasteiger partial charge in [-0.15, -0.1) is 0 Å². The van der Waals surface area contributed by atoms with Gasteiger partial charge in [-0.2, -0.15) is 0 Å². The van der Waals surface area contributed by atoms with E-state index in [0.717, 1.165) is 32.1 Å². The van der Waals surface area contributed by atoms with Gasteiger partial charge in [-0.3, -0.25) is 10.1 Å². The Balaban J connectivity index is 1.68. The highest BCUT2D eigenvalue weighted by atomic mass is 19.1. The van der Waals surface area contributed by atoms with Crippen LogP contribution in [-0.4, -0.2) is 36.7 Å². The molecule has 1 aromatic carbocycles. The predicted octanol–water partition coefficient (Wildman–Crippen LogP) is 2.29. The number of hydrogen-bond acceptors (Lipinski definition) is 5. The van der Waals surface area contributed by atoms with Crippen molar-refractivity contribution in [3.8, 4) is 5.75 Å². The summed E-state index contributed by atoms with van der Waals surface area (Å²) in [4.78, 5) is 35.4. The van der Waals surface area contributed by atoms with Crippen LogP contribution in [0.3, 0.4) is 0 Å². The molecule has 1 atom stereocenters. The van der Waals surface area contributed by atoms with Crippen molar-refractivity contribution >= 4 is 17.9 Å². The van der Waals surface area contributed by atoms with Gasteiger partial charge in [-0.05, 0) is 44.0 Å². The molecule has 142 valence electrons. The monoisotopic (exact) mass is 366 g/mol. The molecular weight excluding hydrogens is 343 g/mol. The van der Waals surface area contributed by atoms with Gasteiger partial charge in [-0.25, -0.2) is 14.0 Å². The smallest absolute Gasteiger partial charge is 0.344 e. The third kappa shape index (κ3) is 6.70. The standard InChI is InChI=1S/C18H23FN2O5/c1-12(17(23)21-18(24)20-14-5-3-2-4-6-14)26-16(22)11-25-15-9-7-13(19)8-10-15/h7-10,12,14H,2-6,11H2,1H3,(H2,20,21,23,24). The lowest BCUT2D eigenvalue weighted by Crippen LogP contribution is -2.48. The number of ether oxygens (including phenoxy) is 2. The summed E-state index contributed by atoms with van der Waals surface area (Å²) >= 11 is 0. The topological polar surface area (TPSA) is 93.7 Å². The van der Waals surface area contributed by atoms with Crippen LogP contribution in [0, 0.1) is 5.82 Å².